The highest BCUT2D eigenvalue weighted by Crippen LogP contribution is 2.27. The van der Waals surface area contributed by atoms with Crippen molar-refractivity contribution in [1.29, 1.82) is 0 Å². The van der Waals surface area contributed by atoms with E-state index in [0.717, 1.165) is 0 Å². The van der Waals surface area contributed by atoms with Crippen LogP contribution in [0.4, 0.5) is 5.13 Å². The lowest BCUT2D eigenvalue weighted by atomic mass is 10.1. The number of thiazole rings is 1. The maximum Gasteiger partial charge on any atom is 0.265 e. The largest absolute Gasteiger partial charge is 0.442 e. The van der Waals surface area contributed by atoms with Crippen LogP contribution in [0.2, 0.25) is 0 Å². The minimum atomic E-state index is -0.619. The van der Waals surface area contributed by atoms with Crippen LogP contribution in [0.3, 0.4) is 0 Å². The summed E-state index contributed by atoms with van der Waals surface area (Å²) < 4.78 is 6.81. The first-order chi connectivity index (χ1) is 13.0. The van der Waals surface area contributed by atoms with Crippen molar-refractivity contribution in [2.75, 3.05) is 11.9 Å². The molecule has 0 saturated carbocycles. The monoisotopic (exact) mass is 387 g/mol. The molecule has 1 aliphatic rings. The summed E-state index contributed by atoms with van der Waals surface area (Å²) in [4.78, 5) is 48.0. The van der Waals surface area contributed by atoms with Crippen molar-refractivity contribution in [1.82, 2.24) is 19.4 Å². The van der Waals surface area contributed by atoms with Gasteiger partial charge in [-0.3, -0.25) is 14.4 Å². The number of furan rings is 1. The van der Waals surface area contributed by atoms with E-state index in [1.54, 1.807) is 25.5 Å². The van der Waals surface area contributed by atoms with Crippen LogP contribution in [0.1, 0.15) is 29.0 Å². The smallest absolute Gasteiger partial charge is 0.265 e. The van der Waals surface area contributed by atoms with Gasteiger partial charge in [-0.2, -0.15) is 0 Å². The van der Waals surface area contributed by atoms with Crippen molar-refractivity contribution >= 4 is 39.4 Å². The van der Waals surface area contributed by atoms with Crippen molar-refractivity contribution in [2.24, 2.45) is 7.05 Å². The zero-order chi connectivity index (χ0) is 19.1. The van der Waals surface area contributed by atoms with Gasteiger partial charge in [0, 0.05) is 25.2 Å². The lowest BCUT2D eigenvalue weighted by Gasteiger charge is -2.23. The number of anilines is 1. The summed E-state index contributed by atoms with van der Waals surface area (Å²) in [5.41, 5.74) is -0.0576. The molecule has 9 nitrogen and oxygen atoms in total. The molecular weight excluding hydrogens is 370 g/mol. The SMILES string of the molecule is Cc1oc2ncn(C)c(=O)c2c1C(=O)N1CCCC1C(=O)Nc1nccs1. The van der Waals surface area contributed by atoms with Gasteiger partial charge in [-0.05, 0) is 19.8 Å². The van der Waals surface area contributed by atoms with Gasteiger partial charge in [0.1, 0.15) is 23.5 Å². The van der Waals surface area contributed by atoms with Crippen molar-refractivity contribution in [2.45, 2.75) is 25.8 Å². The Hall–Kier alpha value is -3.01. The zero-order valence-electron chi connectivity index (χ0n) is 14.8. The highest BCUT2D eigenvalue weighted by atomic mass is 32.1. The van der Waals surface area contributed by atoms with E-state index in [4.69, 9.17) is 4.42 Å². The Morgan fingerprint density at radius 2 is 2.19 bits per heavy atom. The van der Waals surface area contributed by atoms with Gasteiger partial charge in [0.15, 0.2) is 5.13 Å². The Bertz CT molecular complexity index is 1080. The summed E-state index contributed by atoms with van der Waals surface area (Å²) in [6.07, 6.45) is 4.20. The fraction of sp³-hybridized carbons (Fsp3) is 0.353. The van der Waals surface area contributed by atoms with Gasteiger partial charge >= 0.3 is 0 Å². The summed E-state index contributed by atoms with van der Waals surface area (Å²) >= 11 is 1.31. The normalized spacial score (nSPS) is 16.8. The Morgan fingerprint density at radius 3 is 2.93 bits per heavy atom. The molecule has 10 heteroatoms. The number of aromatic nitrogens is 3. The Kier molecular flexibility index (Phi) is 4.27. The van der Waals surface area contributed by atoms with E-state index in [0.29, 0.717) is 30.3 Å². The van der Waals surface area contributed by atoms with E-state index in [1.807, 2.05) is 0 Å². The molecule has 27 heavy (non-hydrogen) atoms. The molecular formula is C17H17N5O4S. The molecule has 1 atom stereocenters. The number of carbonyl (C=O) groups excluding carboxylic acids is 2. The Labute approximate surface area is 157 Å². The van der Waals surface area contributed by atoms with E-state index in [9.17, 15) is 14.4 Å². The standard InChI is InChI=1S/C17H17N5O4S/c1-9-11(12-14(26-9)19-8-21(2)15(12)24)16(25)22-6-3-4-10(22)13(23)20-17-18-5-7-27-17/h5,7-8,10H,3-4,6H2,1-2H3,(H,18,20,23). The van der Waals surface area contributed by atoms with Crippen LogP contribution in [-0.4, -0.2) is 43.8 Å². The maximum atomic E-state index is 13.2. The van der Waals surface area contributed by atoms with E-state index in [-0.39, 0.29) is 28.1 Å². The second-order valence-corrected chi connectivity index (χ2v) is 7.25. The summed E-state index contributed by atoms with van der Waals surface area (Å²) in [7, 11) is 1.56. The average molecular weight is 387 g/mol. The number of fused-ring (bicyclic) bond motifs is 1. The molecule has 0 radical (unpaired) electrons. The molecule has 1 unspecified atom stereocenters. The van der Waals surface area contributed by atoms with Crippen molar-refractivity contribution in [3.05, 3.63) is 39.6 Å². The van der Waals surface area contributed by atoms with E-state index in [1.165, 1.54) is 27.1 Å². The predicted octanol–water partition coefficient (Wildman–Crippen LogP) is 1.53. The fourth-order valence-corrected chi connectivity index (χ4v) is 3.88. The van der Waals surface area contributed by atoms with Gasteiger partial charge in [-0.15, -0.1) is 11.3 Å². The van der Waals surface area contributed by atoms with Crippen LogP contribution >= 0.6 is 11.3 Å². The Morgan fingerprint density at radius 1 is 1.37 bits per heavy atom. The lowest BCUT2D eigenvalue weighted by Crippen LogP contribution is -2.43. The van der Waals surface area contributed by atoms with Crippen molar-refractivity contribution in [3.63, 3.8) is 0 Å². The van der Waals surface area contributed by atoms with Crippen molar-refractivity contribution in [3.8, 4) is 0 Å². The first-order valence-electron chi connectivity index (χ1n) is 8.43. The first-order valence-corrected chi connectivity index (χ1v) is 9.31. The highest BCUT2D eigenvalue weighted by Gasteiger charge is 2.37. The fourth-order valence-electron chi connectivity index (χ4n) is 3.34. The number of hydrogen-bond donors (Lipinski definition) is 1. The molecule has 3 aromatic heterocycles. The van der Waals surface area contributed by atoms with E-state index in [2.05, 4.69) is 15.3 Å². The van der Waals surface area contributed by atoms with Gasteiger partial charge < -0.3 is 19.2 Å². The molecule has 1 saturated heterocycles. The predicted molar refractivity (Wildman–Crippen MR) is 98.8 cm³/mol. The third-order valence-electron chi connectivity index (χ3n) is 4.64. The topological polar surface area (TPSA) is 110 Å². The minimum absolute atomic E-state index is 0.127. The van der Waals surface area contributed by atoms with Crippen LogP contribution in [-0.2, 0) is 11.8 Å². The molecule has 0 bridgehead atoms. The van der Waals surface area contributed by atoms with Gasteiger partial charge in [0.05, 0.1) is 5.56 Å². The molecule has 0 aliphatic carbocycles. The molecule has 1 fully saturated rings. The molecule has 2 amide bonds. The molecule has 0 aromatic carbocycles. The highest BCUT2D eigenvalue weighted by molar-refractivity contribution is 7.13. The quantitative estimate of drug-likeness (QED) is 0.730. The molecule has 3 aromatic rings. The number of aryl methyl sites for hydroxylation is 2. The number of nitrogens with one attached hydrogen (secondary N) is 1. The third kappa shape index (κ3) is 2.91. The summed E-state index contributed by atoms with van der Waals surface area (Å²) in [5.74, 6) is -0.364. The molecule has 4 heterocycles. The number of carbonyl (C=O) groups is 2. The van der Waals surface area contributed by atoms with E-state index < -0.39 is 11.9 Å². The molecule has 0 spiro atoms. The second kappa shape index (κ2) is 6.62. The number of amides is 2. The first kappa shape index (κ1) is 17.4. The summed E-state index contributed by atoms with van der Waals surface area (Å²) in [6, 6.07) is -0.619. The number of nitrogens with zero attached hydrogens (tertiary/aromatic N) is 4. The van der Waals surface area contributed by atoms with Gasteiger partial charge in [-0.1, -0.05) is 0 Å². The second-order valence-electron chi connectivity index (χ2n) is 6.36. The third-order valence-corrected chi connectivity index (χ3v) is 5.33. The summed E-state index contributed by atoms with van der Waals surface area (Å²) in [5, 5.41) is 5.14. The molecule has 1 N–H and O–H groups in total. The minimum Gasteiger partial charge on any atom is -0.442 e. The van der Waals surface area contributed by atoms with Gasteiger partial charge in [0.2, 0.25) is 11.6 Å². The number of rotatable bonds is 3. The van der Waals surface area contributed by atoms with Crippen LogP contribution in [0.15, 0.2) is 27.1 Å². The number of likely N-dealkylation sites (tertiary alicyclic amines) is 1. The van der Waals surface area contributed by atoms with Crippen LogP contribution in [0.25, 0.3) is 11.1 Å². The average Bonchev–Trinajstić information content (AvgIpc) is 3.37. The molecule has 4 rings (SSSR count). The number of hydrogen-bond acceptors (Lipinski definition) is 7. The zero-order valence-corrected chi connectivity index (χ0v) is 15.6. The van der Waals surface area contributed by atoms with Crippen LogP contribution < -0.4 is 10.9 Å². The molecule has 140 valence electrons. The van der Waals surface area contributed by atoms with Crippen LogP contribution in [0, 0.1) is 6.92 Å². The maximum absolute atomic E-state index is 13.2. The van der Waals surface area contributed by atoms with E-state index >= 15 is 0 Å². The molecule has 1 aliphatic heterocycles. The Balaban J connectivity index is 1.69. The van der Waals surface area contributed by atoms with Crippen LogP contribution in [0.5, 0.6) is 0 Å². The van der Waals surface area contributed by atoms with Crippen molar-refractivity contribution < 1.29 is 14.0 Å². The van der Waals surface area contributed by atoms with Gasteiger partial charge in [-0.25, -0.2) is 9.97 Å². The summed E-state index contributed by atoms with van der Waals surface area (Å²) in [6.45, 7) is 2.05. The van der Waals surface area contributed by atoms with Gasteiger partial charge in [0.25, 0.3) is 11.5 Å². The lowest BCUT2D eigenvalue weighted by molar-refractivity contribution is -0.119.